The number of nitrogens with two attached hydrogens (primary N) is 1. The lowest BCUT2D eigenvalue weighted by Gasteiger charge is -2.25. The summed E-state index contributed by atoms with van der Waals surface area (Å²) in [4.78, 5) is 18.9. The highest BCUT2D eigenvalue weighted by Crippen LogP contribution is 2.24. The van der Waals surface area contributed by atoms with Crippen molar-refractivity contribution in [3.05, 3.63) is 34.3 Å². The standard InChI is InChI=1S/C17H25N5O7/c1-29-10(6-23)13(26)16(28)22-5-7(4-19-8-2-3-9(24)12(8)25)11-14(22)20-17(18)21-15(11)27/h2-3,5,8-10,12-13,16,19,23-26,28H,4,6H2,1H3,(H3,18,20,21,27). The average molecular weight is 411 g/mol. The number of hydrogen-bond acceptors (Lipinski definition) is 10. The van der Waals surface area contributed by atoms with E-state index < -0.39 is 48.9 Å². The van der Waals surface area contributed by atoms with Crippen molar-refractivity contribution in [1.29, 1.82) is 0 Å². The van der Waals surface area contributed by atoms with Crippen LogP contribution in [-0.4, -0.2) is 84.2 Å². The minimum absolute atomic E-state index is 0.0324. The van der Waals surface area contributed by atoms with E-state index in [9.17, 15) is 30.3 Å². The van der Waals surface area contributed by atoms with Gasteiger partial charge in [0.25, 0.3) is 5.56 Å². The zero-order valence-electron chi connectivity index (χ0n) is 15.6. The van der Waals surface area contributed by atoms with Gasteiger partial charge in [-0.1, -0.05) is 12.2 Å². The van der Waals surface area contributed by atoms with Crippen LogP contribution in [0.4, 0.5) is 5.95 Å². The summed E-state index contributed by atoms with van der Waals surface area (Å²) in [7, 11) is 1.27. The second-order valence-corrected chi connectivity index (χ2v) is 6.85. The molecule has 9 N–H and O–H groups in total. The van der Waals surface area contributed by atoms with Gasteiger partial charge in [0, 0.05) is 19.9 Å². The van der Waals surface area contributed by atoms with Crippen LogP contribution in [0.5, 0.6) is 0 Å². The maximum atomic E-state index is 12.5. The number of nitrogens with zero attached hydrogens (tertiary/aromatic N) is 2. The number of anilines is 1. The van der Waals surface area contributed by atoms with Gasteiger partial charge in [-0.25, -0.2) is 0 Å². The third-order valence-corrected chi connectivity index (χ3v) is 4.99. The van der Waals surface area contributed by atoms with Gasteiger partial charge < -0.3 is 45.9 Å². The number of aliphatic hydroxyl groups excluding tert-OH is 5. The summed E-state index contributed by atoms with van der Waals surface area (Å²) in [5.41, 5.74) is 5.53. The summed E-state index contributed by atoms with van der Waals surface area (Å²) in [5.74, 6) is -0.175. The number of rotatable bonds is 8. The molecule has 2 heterocycles. The number of hydrogen-bond donors (Lipinski definition) is 8. The highest BCUT2D eigenvalue weighted by molar-refractivity contribution is 5.80. The Bertz CT molecular complexity index is 938. The molecule has 1 aliphatic rings. The van der Waals surface area contributed by atoms with Crippen molar-refractivity contribution in [3.8, 4) is 0 Å². The highest BCUT2D eigenvalue weighted by atomic mass is 16.5. The van der Waals surface area contributed by atoms with E-state index in [0.717, 1.165) is 0 Å². The van der Waals surface area contributed by atoms with Gasteiger partial charge >= 0.3 is 0 Å². The first kappa shape index (κ1) is 21.4. The molecule has 6 unspecified atom stereocenters. The van der Waals surface area contributed by atoms with Crippen LogP contribution in [0.3, 0.4) is 0 Å². The number of fused-ring (bicyclic) bond motifs is 1. The fourth-order valence-electron chi connectivity index (χ4n) is 3.35. The molecule has 0 radical (unpaired) electrons. The van der Waals surface area contributed by atoms with E-state index in [1.165, 1.54) is 23.9 Å². The molecule has 2 aromatic heterocycles. The molecule has 0 saturated carbocycles. The Morgan fingerprint density at radius 1 is 1.38 bits per heavy atom. The summed E-state index contributed by atoms with van der Waals surface area (Å²) < 4.78 is 6.12. The normalized spacial score (nSPS) is 24.8. The quantitative estimate of drug-likeness (QED) is 0.206. The van der Waals surface area contributed by atoms with Gasteiger partial charge in [0.05, 0.1) is 24.1 Å². The van der Waals surface area contributed by atoms with Crippen LogP contribution in [0.1, 0.15) is 11.8 Å². The molecule has 12 heteroatoms. The number of methoxy groups -OCH3 is 1. The first-order chi connectivity index (χ1) is 13.8. The Hall–Kier alpha value is -2.32. The minimum atomic E-state index is -1.59. The maximum Gasteiger partial charge on any atom is 0.262 e. The van der Waals surface area contributed by atoms with Crippen molar-refractivity contribution < 1.29 is 30.3 Å². The molecule has 1 aliphatic carbocycles. The second-order valence-electron chi connectivity index (χ2n) is 6.85. The molecule has 0 amide bonds. The van der Waals surface area contributed by atoms with E-state index in [1.807, 2.05) is 0 Å². The van der Waals surface area contributed by atoms with E-state index >= 15 is 0 Å². The van der Waals surface area contributed by atoms with Crippen molar-refractivity contribution in [3.63, 3.8) is 0 Å². The molecule has 3 rings (SSSR count). The molecule has 12 nitrogen and oxygen atoms in total. The van der Waals surface area contributed by atoms with Crippen LogP contribution in [0.25, 0.3) is 11.0 Å². The van der Waals surface area contributed by atoms with Gasteiger partial charge in [0.1, 0.15) is 18.3 Å². The van der Waals surface area contributed by atoms with Crippen molar-refractivity contribution in [1.82, 2.24) is 19.9 Å². The lowest BCUT2D eigenvalue weighted by molar-refractivity contribution is -0.115. The number of aliphatic hydroxyl groups is 5. The largest absolute Gasteiger partial charge is 0.394 e. The van der Waals surface area contributed by atoms with Crippen LogP contribution in [-0.2, 0) is 11.3 Å². The Morgan fingerprint density at radius 3 is 2.69 bits per heavy atom. The number of ether oxygens (including phenoxy) is 1. The number of aromatic nitrogens is 3. The predicted octanol–water partition coefficient (Wildman–Crippen LogP) is -3.08. The van der Waals surface area contributed by atoms with Crippen molar-refractivity contribution in [2.45, 2.75) is 43.2 Å². The van der Waals surface area contributed by atoms with Crippen LogP contribution in [0.15, 0.2) is 23.1 Å². The molecule has 0 bridgehead atoms. The zero-order chi connectivity index (χ0) is 21.3. The SMILES string of the molecule is COC(CO)C(O)C(O)n1cc(CNC2C=CC(O)C2O)c2c(=O)[nH]c(N)nc21. The molecule has 29 heavy (non-hydrogen) atoms. The topological polar surface area (TPSA) is 199 Å². The van der Waals surface area contributed by atoms with Gasteiger partial charge in [-0.3, -0.25) is 9.78 Å². The molecule has 160 valence electrons. The van der Waals surface area contributed by atoms with E-state index in [1.54, 1.807) is 6.08 Å². The molecular formula is C17H25N5O7. The van der Waals surface area contributed by atoms with Gasteiger partial charge in [-0.05, 0) is 5.56 Å². The molecule has 0 aromatic carbocycles. The summed E-state index contributed by atoms with van der Waals surface area (Å²) in [6.45, 7) is -0.444. The fourth-order valence-corrected chi connectivity index (χ4v) is 3.35. The Labute approximate surface area is 164 Å². The molecule has 2 aromatic rings. The summed E-state index contributed by atoms with van der Waals surface area (Å²) in [6.07, 6.45) is -1.70. The van der Waals surface area contributed by atoms with Crippen molar-refractivity contribution >= 4 is 17.0 Å². The Balaban J connectivity index is 1.96. The van der Waals surface area contributed by atoms with Gasteiger partial charge in [-0.15, -0.1) is 0 Å². The van der Waals surface area contributed by atoms with Gasteiger partial charge in [-0.2, -0.15) is 4.98 Å². The predicted molar refractivity (Wildman–Crippen MR) is 102 cm³/mol. The first-order valence-corrected chi connectivity index (χ1v) is 8.95. The monoisotopic (exact) mass is 411 g/mol. The maximum absolute atomic E-state index is 12.5. The van der Waals surface area contributed by atoms with Gasteiger partial charge in [0.15, 0.2) is 11.9 Å². The molecular weight excluding hydrogens is 386 g/mol. The van der Waals surface area contributed by atoms with Crippen LogP contribution in [0.2, 0.25) is 0 Å². The fraction of sp³-hybridized carbons (Fsp3) is 0.529. The van der Waals surface area contributed by atoms with Crippen molar-refractivity contribution in [2.75, 3.05) is 19.5 Å². The number of H-pyrrole nitrogens is 1. The van der Waals surface area contributed by atoms with Crippen molar-refractivity contribution in [2.24, 2.45) is 0 Å². The smallest absolute Gasteiger partial charge is 0.262 e. The second kappa shape index (κ2) is 8.59. The number of aromatic amines is 1. The van der Waals surface area contributed by atoms with Crippen LogP contribution >= 0.6 is 0 Å². The van der Waals surface area contributed by atoms with Crippen LogP contribution in [0, 0.1) is 0 Å². The summed E-state index contributed by atoms with van der Waals surface area (Å²) >= 11 is 0. The third-order valence-electron chi connectivity index (χ3n) is 4.99. The lowest BCUT2D eigenvalue weighted by atomic mass is 10.1. The number of nitrogens with one attached hydrogen (secondary N) is 2. The van der Waals surface area contributed by atoms with Gasteiger partial charge in [0.2, 0.25) is 5.95 Å². The average Bonchev–Trinajstić information content (AvgIpc) is 3.21. The highest BCUT2D eigenvalue weighted by Gasteiger charge is 2.31. The van der Waals surface area contributed by atoms with E-state index in [-0.39, 0.29) is 23.5 Å². The third kappa shape index (κ3) is 4.04. The lowest BCUT2D eigenvalue weighted by Crippen LogP contribution is -2.40. The first-order valence-electron chi connectivity index (χ1n) is 8.95. The van der Waals surface area contributed by atoms with E-state index in [2.05, 4.69) is 15.3 Å². The van der Waals surface area contributed by atoms with Crippen LogP contribution < -0.4 is 16.6 Å². The zero-order valence-corrected chi connectivity index (χ0v) is 15.6. The summed E-state index contributed by atoms with van der Waals surface area (Å²) in [6, 6.07) is -0.535. The minimum Gasteiger partial charge on any atom is -0.394 e. The van der Waals surface area contributed by atoms with E-state index in [4.69, 9.17) is 10.5 Å². The molecule has 0 fully saturated rings. The van der Waals surface area contributed by atoms with E-state index in [0.29, 0.717) is 5.56 Å². The molecule has 0 aliphatic heterocycles. The number of nitrogen functional groups attached to an aromatic ring is 1. The molecule has 0 saturated heterocycles. The molecule has 0 spiro atoms. The molecule has 6 atom stereocenters. The Kier molecular flexibility index (Phi) is 6.33. The Morgan fingerprint density at radius 2 is 2.10 bits per heavy atom. The summed E-state index contributed by atoms with van der Waals surface area (Å²) in [5, 5.41) is 52.9.